The maximum Gasteiger partial charge on any atom is 0.310 e. The van der Waals surface area contributed by atoms with Crippen LogP contribution in [-0.4, -0.2) is 16.1 Å². The van der Waals surface area contributed by atoms with Gasteiger partial charge in [0.2, 0.25) is 0 Å². The fourth-order valence-corrected chi connectivity index (χ4v) is 3.35. The molecule has 4 rings (SSSR count). The highest BCUT2D eigenvalue weighted by Crippen LogP contribution is 2.35. The van der Waals surface area contributed by atoms with Crippen LogP contribution in [0.3, 0.4) is 0 Å². The van der Waals surface area contributed by atoms with Gasteiger partial charge in [-0.05, 0) is 47.5 Å². The highest BCUT2D eigenvalue weighted by atomic mass is 16.5. The molecule has 1 aromatic heterocycles. The van der Waals surface area contributed by atoms with Gasteiger partial charge in [-0.2, -0.15) is 0 Å². The Kier molecular flexibility index (Phi) is 4.47. The molecular formula is C23H19NO3. The maximum absolute atomic E-state index is 11.7. The molecule has 0 aliphatic carbocycles. The van der Waals surface area contributed by atoms with Crippen molar-refractivity contribution in [1.29, 1.82) is 0 Å². The van der Waals surface area contributed by atoms with Gasteiger partial charge >= 0.3 is 5.97 Å². The third-order valence-corrected chi connectivity index (χ3v) is 4.80. The van der Waals surface area contributed by atoms with Gasteiger partial charge in [0.1, 0.15) is 12.4 Å². The van der Waals surface area contributed by atoms with Crippen LogP contribution in [0.2, 0.25) is 0 Å². The predicted octanol–water partition coefficient (Wildman–Crippen LogP) is 5.16. The summed E-state index contributed by atoms with van der Waals surface area (Å²) < 4.78 is 6.07. The molecule has 0 bridgehead atoms. The Hall–Kier alpha value is -3.40. The molecular weight excluding hydrogens is 338 g/mol. The van der Waals surface area contributed by atoms with Crippen LogP contribution in [0.15, 0.2) is 72.9 Å². The zero-order chi connectivity index (χ0) is 18.8. The first-order valence-electron chi connectivity index (χ1n) is 8.84. The van der Waals surface area contributed by atoms with Gasteiger partial charge in [0, 0.05) is 17.1 Å². The number of aromatic nitrogens is 1. The van der Waals surface area contributed by atoms with E-state index < -0.39 is 11.9 Å². The van der Waals surface area contributed by atoms with E-state index in [4.69, 9.17) is 4.74 Å². The number of rotatable bonds is 5. The molecule has 27 heavy (non-hydrogen) atoms. The molecule has 4 heteroatoms. The van der Waals surface area contributed by atoms with Gasteiger partial charge in [-0.1, -0.05) is 42.5 Å². The average Bonchev–Trinajstić information content (AvgIpc) is 2.71. The molecule has 134 valence electrons. The second kappa shape index (κ2) is 7.08. The summed E-state index contributed by atoms with van der Waals surface area (Å²) in [4.78, 5) is 16.0. The van der Waals surface area contributed by atoms with Crippen LogP contribution in [0.25, 0.3) is 21.7 Å². The van der Waals surface area contributed by atoms with Crippen molar-refractivity contribution in [3.05, 3.63) is 84.1 Å². The monoisotopic (exact) mass is 357 g/mol. The molecule has 0 aliphatic rings. The van der Waals surface area contributed by atoms with Crippen LogP contribution < -0.4 is 4.74 Å². The van der Waals surface area contributed by atoms with Gasteiger partial charge < -0.3 is 9.84 Å². The third kappa shape index (κ3) is 3.34. The minimum absolute atomic E-state index is 0.364. The van der Waals surface area contributed by atoms with Crippen molar-refractivity contribution < 1.29 is 14.6 Å². The number of ether oxygens (including phenoxy) is 1. The van der Waals surface area contributed by atoms with Crippen LogP contribution in [0.1, 0.15) is 24.0 Å². The smallest absolute Gasteiger partial charge is 0.310 e. The zero-order valence-corrected chi connectivity index (χ0v) is 14.9. The average molecular weight is 357 g/mol. The van der Waals surface area contributed by atoms with E-state index in [1.54, 1.807) is 13.1 Å². The summed E-state index contributed by atoms with van der Waals surface area (Å²) in [5.41, 5.74) is 2.66. The molecule has 0 spiro atoms. The van der Waals surface area contributed by atoms with Gasteiger partial charge in [0.15, 0.2) is 0 Å². The minimum Gasteiger partial charge on any atom is -0.489 e. The van der Waals surface area contributed by atoms with E-state index in [0.717, 1.165) is 27.2 Å². The SMILES string of the molecule is C[C@@H](C(=O)O)c1c(OCc2ccc3ncccc3c2)ccc2ccccc12. The van der Waals surface area contributed by atoms with Crippen molar-refractivity contribution in [2.75, 3.05) is 0 Å². The highest BCUT2D eigenvalue weighted by Gasteiger charge is 2.21. The lowest BCUT2D eigenvalue weighted by molar-refractivity contribution is -0.138. The molecule has 0 fully saturated rings. The number of benzene rings is 3. The van der Waals surface area contributed by atoms with Crippen molar-refractivity contribution in [1.82, 2.24) is 4.98 Å². The number of pyridine rings is 1. The Bertz CT molecular complexity index is 1140. The zero-order valence-electron chi connectivity index (χ0n) is 14.9. The highest BCUT2D eigenvalue weighted by molar-refractivity contribution is 5.92. The molecule has 4 nitrogen and oxygen atoms in total. The lowest BCUT2D eigenvalue weighted by Crippen LogP contribution is -2.10. The van der Waals surface area contributed by atoms with Crippen LogP contribution in [-0.2, 0) is 11.4 Å². The number of carbonyl (C=O) groups is 1. The Morgan fingerprint density at radius 2 is 1.85 bits per heavy atom. The predicted molar refractivity (Wildman–Crippen MR) is 106 cm³/mol. The molecule has 0 amide bonds. The first-order chi connectivity index (χ1) is 13.1. The van der Waals surface area contributed by atoms with Crippen molar-refractivity contribution in [2.45, 2.75) is 19.4 Å². The number of carboxylic acid groups (broad SMARTS) is 1. The number of aliphatic carboxylic acids is 1. The Morgan fingerprint density at radius 3 is 2.70 bits per heavy atom. The molecule has 0 radical (unpaired) electrons. The van der Waals surface area contributed by atoms with Crippen LogP contribution >= 0.6 is 0 Å². The molecule has 3 aromatic carbocycles. The number of fused-ring (bicyclic) bond motifs is 2. The number of hydrogen-bond donors (Lipinski definition) is 1. The first kappa shape index (κ1) is 17.0. The molecule has 0 unspecified atom stereocenters. The fourth-order valence-electron chi connectivity index (χ4n) is 3.35. The second-order valence-electron chi connectivity index (χ2n) is 6.58. The van der Waals surface area contributed by atoms with E-state index in [2.05, 4.69) is 4.98 Å². The van der Waals surface area contributed by atoms with Gasteiger partial charge in [0.05, 0.1) is 11.4 Å². The Labute approximate surface area is 157 Å². The van der Waals surface area contributed by atoms with Crippen LogP contribution in [0.5, 0.6) is 5.75 Å². The lowest BCUT2D eigenvalue weighted by Gasteiger charge is -2.17. The van der Waals surface area contributed by atoms with E-state index in [-0.39, 0.29) is 0 Å². The summed E-state index contributed by atoms with van der Waals surface area (Å²) in [5.74, 6) is -0.922. The van der Waals surface area contributed by atoms with E-state index in [0.29, 0.717) is 17.9 Å². The van der Waals surface area contributed by atoms with E-state index >= 15 is 0 Å². The van der Waals surface area contributed by atoms with Gasteiger partial charge in [-0.3, -0.25) is 9.78 Å². The van der Waals surface area contributed by atoms with E-state index in [1.807, 2.05) is 66.7 Å². The molecule has 4 aromatic rings. The fraction of sp³-hybridized carbons (Fsp3) is 0.130. The molecule has 1 heterocycles. The van der Waals surface area contributed by atoms with E-state index in [9.17, 15) is 9.90 Å². The van der Waals surface area contributed by atoms with Crippen molar-refractivity contribution in [3.63, 3.8) is 0 Å². The summed E-state index contributed by atoms with van der Waals surface area (Å²) in [6.45, 7) is 2.06. The van der Waals surface area contributed by atoms with Crippen LogP contribution in [0, 0.1) is 0 Å². The normalized spacial score (nSPS) is 12.2. The Morgan fingerprint density at radius 1 is 1.04 bits per heavy atom. The Balaban J connectivity index is 1.70. The number of nitrogens with zero attached hydrogens (tertiary/aromatic N) is 1. The largest absolute Gasteiger partial charge is 0.489 e. The molecule has 0 saturated heterocycles. The first-order valence-corrected chi connectivity index (χ1v) is 8.84. The maximum atomic E-state index is 11.7. The second-order valence-corrected chi connectivity index (χ2v) is 6.58. The lowest BCUT2D eigenvalue weighted by atomic mass is 9.94. The van der Waals surface area contributed by atoms with Crippen LogP contribution in [0.4, 0.5) is 0 Å². The van der Waals surface area contributed by atoms with E-state index in [1.165, 1.54) is 0 Å². The summed E-state index contributed by atoms with van der Waals surface area (Å²) >= 11 is 0. The summed E-state index contributed by atoms with van der Waals surface area (Å²) in [6.07, 6.45) is 1.77. The third-order valence-electron chi connectivity index (χ3n) is 4.80. The quantitative estimate of drug-likeness (QED) is 0.536. The van der Waals surface area contributed by atoms with Crippen molar-refractivity contribution in [2.24, 2.45) is 0 Å². The van der Waals surface area contributed by atoms with Gasteiger partial charge in [-0.25, -0.2) is 0 Å². The summed E-state index contributed by atoms with van der Waals surface area (Å²) in [6, 6.07) is 21.5. The standard InChI is InChI=1S/C23H19NO3/c1-15(23(25)26)22-19-7-3-2-5-17(19)9-11-21(22)27-14-16-8-10-20-18(13-16)6-4-12-24-20/h2-13,15H,14H2,1H3,(H,25,26)/t15-/m1/s1. The number of hydrogen-bond acceptors (Lipinski definition) is 3. The van der Waals surface area contributed by atoms with Gasteiger partial charge in [0.25, 0.3) is 0 Å². The topological polar surface area (TPSA) is 59.4 Å². The van der Waals surface area contributed by atoms with Crippen molar-refractivity contribution >= 4 is 27.6 Å². The molecule has 0 aliphatic heterocycles. The van der Waals surface area contributed by atoms with Crippen molar-refractivity contribution in [3.8, 4) is 5.75 Å². The minimum atomic E-state index is -0.868. The molecule has 0 saturated carbocycles. The summed E-state index contributed by atoms with van der Waals surface area (Å²) in [7, 11) is 0. The molecule has 1 N–H and O–H groups in total. The van der Waals surface area contributed by atoms with Gasteiger partial charge in [-0.15, -0.1) is 0 Å². The summed E-state index contributed by atoms with van der Waals surface area (Å²) in [5, 5.41) is 12.5. The molecule has 1 atom stereocenters. The number of carboxylic acids is 1.